The van der Waals surface area contributed by atoms with E-state index in [0.29, 0.717) is 85.9 Å². The lowest BCUT2D eigenvalue weighted by molar-refractivity contribution is -0.0227. The summed E-state index contributed by atoms with van der Waals surface area (Å²) in [6.45, 7) is 9.94. The van der Waals surface area contributed by atoms with Crippen LogP contribution in [0.5, 0.6) is 17.2 Å². The highest BCUT2D eigenvalue weighted by molar-refractivity contribution is 7.98. The summed E-state index contributed by atoms with van der Waals surface area (Å²) in [6.07, 6.45) is 13.6. The molecule has 2 saturated heterocycles. The third kappa shape index (κ3) is 8.66. The smallest absolute Gasteiger partial charge is 0.265 e. The lowest BCUT2D eigenvalue weighted by Gasteiger charge is -2.56. The Morgan fingerprint density at radius 3 is 2.63 bits per heavy atom. The van der Waals surface area contributed by atoms with Crippen LogP contribution in [0.4, 0.5) is 17.1 Å². The number of piperidine rings is 1. The number of nitrogens with one attached hydrogen (secondary N) is 3. The van der Waals surface area contributed by atoms with Gasteiger partial charge >= 0.3 is 0 Å². The molecule has 5 aliphatic rings. The lowest BCUT2D eigenvalue weighted by atomic mass is 9.59. The summed E-state index contributed by atoms with van der Waals surface area (Å²) >= 11 is 1.07. The van der Waals surface area contributed by atoms with Gasteiger partial charge in [-0.1, -0.05) is 38.1 Å². The van der Waals surface area contributed by atoms with Crippen LogP contribution >= 0.6 is 11.9 Å². The Hall–Kier alpha value is -5.62. The fraction of sp³-hybridized carbons (Fsp3) is 0.471. The van der Waals surface area contributed by atoms with Gasteiger partial charge in [0.1, 0.15) is 46.9 Å². The van der Waals surface area contributed by atoms with Gasteiger partial charge in [0.05, 0.1) is 29.0 Å². The molecule has 5 aromatic rings. The number of anilines is 2. The summed E-state index contributed by atoms with van der Waals surface area (Å²) in [6, 6.07) is 23.4. The number of H-pyrrole nitrogens is 1. The van der Waals surface area contributed by atoms with E-state index >= 15 is 0 Å². The molecule has 2 saturated carbocycles. The highest BCUT2D eigenvalue weighted by atomic mass is 32.2. The first-order chi connectivity index (χ1) is 31.5. The van der Waals surface area contributed by atoms with Crippen molar-refractivity contribution in [3.8, 4) is 23.3 Å². The molecule has 2 atom stereocenters. The molecule has 13 nitrogen and oxygen atoms in total. The first-order valence-corrected chi connectivity index (χ1v) is 24.2. The first-order valence-electron chi connectivity index (χ1n) is 23.4. The zero-order valence-corrected chi connectivity index (χ0v) is 38.3. The van der Waals surface area contributed by atoms with Crippen molar-refractivity contribution in [3.63, 3.8) is 0 Å². The molecule has 3 aliphatic heterocycles. The number of rotatable bonds is 11. The summed E-state index contributed by atoms with van der Waals surface area (Å²) < 4.78 is 15.7. The molecule has 4 fully saturated rings. The minimum absolute atomic E-state index is 0.00131. The largest absolute Gasteiger partial charge is 0.489 e. The quantitative estimate of drug-likeness (QED) is 0.0735. The second kappa shape index (κ2) is 17.6. The summed E-state index contributed by atoms with van der Waals surface area (Å²) in [5.74, 6) is 1.71. The van der Waals surface area contributed by atoms with Gasteiger partial charge in [0.2, 0.25) is 0 Å². The van der Waals surface area contributed by atoms with Gasteiger partial charge in [0, 0.05) is 53.4 Å². The SMILES string of the molecule is CC(C)c1ccccc1[C@H]1CCCN1C1CC2(CCN(c3ccc(C(=O)NSc4cc(N=O)c5c(c4)OC[C@H](C4CCC(C)(O)CC4)N5)c(Oc4cnc5[nH]cc(C#N)c5c4)c3)CC2)C1. The minimum atomic E-state index is -0.641. The molecule has 0 bridgehead atoms. The Kier molecular flexibility index (Phi) is 11.7. The first kappa shape index (κ1) is 43.3. The number of ether oxygens (including phenoxy) is 2. The summed E-state index contributed by atoms with van der Waals surface area (Å²) in [7, 11) is 0. The number of amides is 1. The zero-order chi connectivity index (χ0) is 44.9. The van der Waals surface area contributed by atoms with E-state index in [1.165, 1.54) is 43.4 Å². The number of aromatic amines is 1. The molecular formula is C51H58N8O5S. The fourth-order valence-corrected chi connectivity index (χ4v) is 12.1. The number of pyridine rings is 1. The third-order valence-corrected chi connectivity index (χ3v) is 15.9. The number of carbonyl (C=O) groups is 1. The van der Waals surface area contributed by atoms with Crippen molar-refractivity contribution in [3.05, 3.63) is 100 Å². The maximum atomic E-state index is 14.1. The van der Waals surface area contributed by atoms with Gasteiger partial charge in [-0.25, -0.2) is 4.98 Å². The van der Waals surface area contributed by atoms with Crippen molar-refractivity contribution in [2.75, 3.05) is 36.5 Å². The van der Waals surface area contributed by atoms with Crippen LogP contribution in [0.1, 0.15) is 124 Å². The number of nitriles is 1. The van der Waals surface area contributed by atoms with Crippen molar-refractivity contribution < 1.29 is 19.4 Å². The van der Waals surface area contributed by atoms with E-state index < -0.39 is 5.60 Å². The van der Waals surface area contributed by atoms with E-state index in [1.54, 1.807) is 36.7 Å². The second-order valence-electron chi connectivity index (χ2n) is 19.7. The van der Waals surface area contributed by atoms with Gasteiger partial charge in [-0.15, -0.1) is 4.91 Å². The van der Waals surface area contributed by atoms with Crippen LogP contribution in [0.3, 0.4) is 0 Å². The average Bonchev–Trinajstić information content (AvgIpc) is 3.97. The number of nitrogens with zero attached hydrogens (tertiary/aromatic N) is 5. The number of aliphatic hydroxyl groups is 1. The van der Waals surface area contributed by atoms with Crippen molar-refractivity contribution >= 4 is 46.0 Å². The van der Waals surface area contributed by atoms with Crippen LogP contribution in [0, 0.1) is 27.6 Å². The molecule has 0 unspecified atom stereocenters. The predicted octanol–water partition coefficient (Wildman–Crippen LogP) is 10.9. The Morgan fingerprint density at radius 1 is 1.06 bits per heavy atom. The molecule has 10 rings (SSSR count). The van der Waals surface area contributed by atoms with Crippen molar-refractivity contribution in [2.45, 2.75) is 120 Å². The molecule has 0 radical (unpaired) electrons. The van der Waals surface area contributed by atoms with E-state index in [-0.39, 0.29) is 17.6 Å². The predicted molar refractivity (Wildman–Crippen MR) is 254 cm³/mol. The molecule has 3 aromatic carbocycles. The zero-order valence-electron chi connectivity index (χ0n) is 37.4. The van der Waals surface area contributed by atoms with E-state index in [1.807, 2.05) is 19.1 Å². The number of hydrogen-bond acceptors (Lipinski definition) is 12. The van der Waals surface area contributed by atoms with Crippen LogP contribution in [0.2, 0.25) is 0 Å². The molecule has 14 heteroatoms. The Bertz CT molecular complexity index is 2630. The number of fused-ring (bicyclic) bond motifs is 2. The molecule has 1 amide bonds. The summed E-state index contributed by atoms with van der Waals surface area (Å²) in [5, 5.41) is 27.6. The van der Waals surface area contributed by atoms with Gasteiger partial charge in [0.15, 0.2) is 0 Å². The topological polar surface area (TPSA) is 168 Å². The molecule has 338 valence electrons. The van der Waals surface area contributed by atoms with Crippen LogP contribution in [0.25, 0.3) is 11.0 Å². The highest BCUT2D eigenvalue weighted by Gasteiger charge is 2.50. The van der Waals surface area contributed by atoms with Crippen LogP contribution in [0.15, 0.2) is 83.1 Å². The van der Waals surface area contributed by atoms with E-state index in [2.05, 4.69) is 79.2 Å². The Labute approximate surface area is 384 Å². The summed E-state index contributed by atoms with van der Waals surface area (Å²) in [4.78, 5) is 39.6. The molecular weight excluding hydrogens is 837 g/mol. The number of likely N-dealkylation sites (tertiary alicyclic amines) is 1. The molecule has 1 spiro atoms. The van der Waals surface area contributed by atoms with E-state index in [9.17, 15) is 20.1 Å². The van der Waals surface area contributed by atoms with Crippen molar-refractivity contribution in [1.82, 2.24) is 19.6 Å². The maximum Gasteiger partial charge on any atom is 0.265 e. The highest BCUT2D eigenvalue weighted by Crippen LogP contribution is 2.54. The van der Waals surface area contributed by atoms with Gasteiger partial charge in [-0.05, 0) is 154 Å². The minimum Gasteiger partial charge on any atom is -0.489 e. The molecule has 65 heavy (non-hydrogen) atoms. The number of hydrogen-bond donors (Lipinski definition) is 4. The van der Waals surface area contributed by atoms with Crippen LogP contribution in [-0.2, 0) is 0 Å². The standard InChI is InChI=1S/C51H58N8O5S/c1-31(2)38-7-4-5-8-39(38)44-9-6-18-59(44)35-25-51(26-35)16-19-58(20-17-51)34-10-11-40(45(21-34)64-36-22-41-33(27-52)28-53-48(41)54-29-36)49(60)57-65-37-23-42(56-62)47-46(24-37)63-30-43(55-47)32-12-14-50(3,61)15-13-32/h4-5,7-8,10-11,21-24,28-29,31-32,35,43-44,55,61H,6,9,12-20,25-26,30H2,1-3H3,(H,53,54)(H,57,60)/t32?,43-,44-,50?/m1/s1. The monoisotopic (exact) mass is 894 g/mol. The number of benzene rings is 3. The van der Waals surface area contributed by atoms with Gasteiger partial charge < -0.3 is 29.8 Å². The van der Waals surface area contributed by atoms with Gasteiger partial charge in [-0.2, -0.15) is 5.26 Å². The van der Waals surface area contributed by atoms with Crippen LogP contribution in [-0.4, -0.2) is 69.8 Å². The van der Waals surface area contributed by atoms with E-state index in [4.69, 9.17) is 9.47 Å². The maximum absolute atomic E-state index is 14.1. The molecule has 2 aliphatic carbocycles. The average molecular weight is 895 g/mol. The normalized spacial score (nSPS) is 24.2. The van der Waals surface area contributed by atoms with E-state index in [0.717, 1.165) is 69.2 Å². The fourth-order valence-electron chi connectivity index (χ4n) is 11.4. The number of nitroso groups, excluding NO2 is 1. The molecule has 4 N–H and O–H groups in total. The Balaban J connectivity index is 0.833. The number of carbonyl (C=O) groups excluding carboxylic acids is 1. The third-order valence-electron chi connectivity index (χ3n) is 15.2. The Morgan fingerprint density at radius 2 is 1.86 bits per heavy atom. The van der Waals surface area contributed by atoms with Gasteiger partial charge in [-0.3, -0.25) is 14.4 Å². The van der Waals surface area contributed by atoms with Crippen LogP contribution < -0.4 is 24.4 Å². The second-order valence-corrected chi connectivity index (χ2v) is 20.6. The van der Waals surface area contributed by atoms with Crippen molar-refractivity contribution in [2.24, 2.45) is 16.5 Å². The number of aromatic nitrogens is 2. The summed E-state index contributed by atoms with van der Waals surface area (Å²) in [5.41, 5.74) is 5.81. The molecule has 2 aromatic heterocycles. The van der Waals surface area contributed by atoms with Crippen molar-refractivity contribution in [1.29, 1.82) is 5.26 Å². The van der Waals surface area contributed by atoms with Gasteiger partial charge in [0.25, 0.3) is 5.91 Å². The lowest BCUT2D eigenvalue weighted by Crippen LogP contribution is -2.54. The molecule has 5 heterocycles.